The van der Waals surface area contributed by atoms with Crippen molar-refractivity contribution in [3.63, 3.8) is 0 Å². The lowest BCUT2D eigenvalue weighted by molar-refractivity contribution is -0.385. The fourth-order valence-electron chi connectivity index (χ4n) is 1.05. The molecule has 0 bridgehead atoms. The zero-order chi connectivity index (χ0) is 12.5. The first-order valence-electron chi connectivity index (χ1n) is 3.91. The second-order valence-electron chi connectivity index (χ2n) is 2.83. The molecular formula is C8H5ClF3NO2S. The van der Waals surface area contributed by atoms with Gasteiger partial charge in [-0.25, -0.2) is 0 Å². The highest BCUT2D eigenvalue weighted by molar-refractivity contribution is 8.00. The number of thioether (sulfide) groups is 1. The van der Waals surface area contributed by atoms with Crippen LogP contribution in [0.25, 0.3) is 0 Å². The molecule has 0 aliphatic carbocycles. The lowest BCUT2D eigenvalue weighted by Gasteiger charge is -2.08. The van der Waals surface area contributed by atoms with Gasteiger partial charge in [-0.15, -0.1) is 0 Å². The summed E-state index contributed by atoms with van der Waals surface area (Å²) >= 11 is 5.23. The predicted molar refractivity (Wildman–Crippen MR) is 54.8 cm³/mol. The maximum absolute atomic E-state index is 12.1. The molecule has 0 radical (unpaired) electrons. The van der Waals surface area contributed by atoms with Crippen LogP contribution in [0.15, 0.2) is 17.0 Å². The molecular weight excluding hydrogens is 267 g/mol. The van der Waals surface area contributed by atoms with Crippen LogP contribution in [0.3, 0.4) is 0 Å². The van der Waals surface area contributed by atoms with Crippen molar-refractivity contribution in [1.82, 2.24) is 0 Å². The molecule has 0 N–H and O–H groups in total. The molecule has 0 heterocycles. The van der Waals surface area contributed by atoms with Gasteiger partial charge in [0.2, 0.25) is 0 Å². The number of rotatable bonds is 2. The van der Waals surface area contributed by atoms with Gasteiger partial charge in [0.15, 0.2) is 0 Å². The molecule has 0 atom stereocenters. The number of hydrogen-bond donors (Lipinski definition) is 0. The highest BCUT2D eigenvalue weighted by Crippen LogP contribution is 2.42. The SMILES string of the molecule is Cc1c([N+](=O)[O-])ccc(SC(F)(F)F)c1Cl. The Labute approximate surface area is 97.7 Å². The van der Waals surface area contributed by atoms with Gasteiger partial charge < -0.3 is 0 Å². The van der Waals surface area contributed by atoms with Gasteiger partial charge in [0.05, 0.1) is 9.95 Å². The summed E-state index contributed by atoms with van der Waals surface area (Å²) in [5.74, 6) is 0. The van der Waals surface area contributed by atoms with Gasteiger partial charge in [0, 0.05) is 16.5 Å². The Balaban J connectivity index is 3.17. The van der Waals surface area contributed by atoms with Crippen molar-refractivity contribution >= 4 is 29.1 Å². The van der Waals surface area contributed by atoms with Gasteiger partial charge >= 0.3 is 5.51 Å². The monoisotopic (exact) mass is 271 g/mol. The number of halogens is 4. The summed E-state index contributed by atoms with van der Waals surface area (Å²) in [6, 6.07) is 2.00. The molecule has 16 heavy (non-hydrogen) atoms. The predicted octanol–water partition coefficient (Wildman–Crippen LogP) is 4.17. The molecule has 1 rings (SSSR count). The minimum Gasteiger partial charge on any atom is -0.258 e. The lowest BCUT2D eigenvalue weighted by Crippen LogP contribution is -2.00. The molecule has 0 saturated heterocycles. The molecule has 88 valence electrons. The molecule has 0 unspecified atom stereocenters. The van der Waals surface area contributed by atoms with E-state index in [-0.39, 0.29) is 21.2 Å². The zero-order valence-corrected chi connectivity index (χ0v) is 9.41. The van der Waals surface area contributed by atoms with Crippen LogP contribution in [0, 0.1) is 17.0 Å². The summed E-state index contributed by atoms with van der Waals surface area (Å²) in [6.07, 6.45) is 0. The van der Waals surface area contributed by atoms with Gasteiger partial charge in [-0.3, -0.25) is 10.1 Å². The number of nitrogens with zero attached hydrogens (tertiary/aromatic N) is 1. The molecule has 0 amide bonds. The third-order valence-corrected chi connectivity index (χ3v) is 3.14. The second kappa shape index (κ2) is 4.50. The van der Waals surface area contributed by atoms with Gasteiger partial charge in [0.25, 0.3) is 5.69 Å². The first-order chi connectivity index (χ1) is 7.22. The van der Waals surface area contributed by atoms with Gasteiger partial charge in [-0.05, 0) is 24.8 Å². The van der Waals surface area contributed by atoms with E-state index in [1.165, 1.54) is 6.92 Å². The van der Waals surface area contributed by atoms with E-state index in [1.54, 1.807) is 0 Å². The Morgan fingerprint density at radius 2 is 2.00 bits per heavy atom. The average Bonchev–Trinajstić information content (AvgIpc) is 2.10. The van der Waals surface area contributed by atoms with E-state index in [2.05, 4.69) is 0 Å². The van der Waals surface area contributed by atoms with E-state index < -0.39 is 22.2 Å². The van der Waals surface area contributed by atoms with Crippen molar-refractivity contribution in [3.8, 4) is 0 Å². The Kier molecular flexibility index (Phi) is 3.69. The van der Waals surface area contributed by atoms with Crippen molar-refractivity contribution < 1.29 is 18.1 Å². The number of alkyl halides is 3. The maximum atomic E-state index is 12.1. The first-order valence-corrected chi connectivity index (χ1v) is 5.11. The van der Waals surface area contributed by atoms with Crippen LogP contribution in [0.5, 0.6) is 0 Å². The largest absolute Gasteiger partial charge is 0.446 e. The number of nitro benzene ring substituents is 1. The molecule has 1 aromatic carbocycles. The van der Waals surface area contributed by atoms with Crippen LogP contribution >= 0.6 is 23.4 Å². The molecule has 3 nitrogen and oxygen atoms in total. The summed E-state index contributed by atoms with van der Waals surface area (Å²) < 4.78 is 36.2. The Morgan fingerprint density at radius 1 is 1.44 bits per heavy atom. The summed E-state index contributed by atoms with van der Waals surface area (Å²) in [5, 5.41) is 10.2. The van der Waals surface area contributed by atoms with Crippen LogP contribution in [0.2, 0.25) is 5.02 Å². The minimum absolute atomic E-state index is 0.0286. The van der Waals surface area contributed by atoms with E-state index in [0.29, 0.717) is 0 Å². The van der Waals surface area contributed by atoms with E-state index in [1.807, 2.05) is 0 Å². The molecule has 0 spiro atoms. The van der Waals surface area contributed by atoms with Crippen molar-refractivity contribution in [2.45, 2.75) is 17.3 Å². The molecule has 0 aliphatic heterocycles. The average molecular weight is 272 g/mol. The lowest BCUT2D eigenvalue weighted by atomic mass is 10.2. The fourth-order valence-corrected chi connectivity index (χ4v) is 1.95. The van der Waals surface area contributed by atoms with Gasteiger partial charge in [-0.2, -0.15) is 13.2 Å². The number of benzene rings is 1. The molecule has 0 saturated carbocycles. The molecule has 0 aliphatic rings. The van der Waals surface area contributed by atoms with Crippen LogP contribution in [0.1, 0.15) is 5.56 Å². The van der Waals surface area contributed by atoms with Crippen molar-refractivity contribution in [1.29, 1.82) is 0 Å². The summed E-state index contributed by atoms with van der Waals surface area (Å²) in [5.41, 5.74) is -4.73. The first kappa shape index (κ1) is 13.1. The van der Waals surface area contributed by atoms with Crippen LogP contribution in [-0.2, 0) is 0 Å². The van der Waals surface area contributed by atoms with E-state index in [4.69, 9.17) is 11.6 Å². The highest BCUT2D eigenvalue weighted by Gasteiger charge is 2.31. The van der Waals surface area contributed by atoms with E-state index in [0.717, 1.165) is 12.1 Å². The Morgan fingerprint density at radius 3 is 2.44 bits per heavy atom. The highest BCUT2D eigenvalue weighted by atomic mass is 35.5. The second-order valence-corrected chi connectivity index (χ2v) is 4.31. The Bertz CT molecular complexity index is 436. The van der Waals surface area contributed by atoms with E-state index >= 15 is 0 Å². The third-order valence-electron chi connectivity index (χ3n) is 1.74. The smallest absolute Gasteiger partial charge is 0.258 e. The summed E-state index contributed by atoms with van der Waals surface area (Å²) in [7, 11) is 0. The topological polar surface area (TPSA) is 43.1 Å². The molecule has 8 heteroatoms. The molecule has 0 fully saturated rings. The van der Waals surface area contributed by atoms with Crippen LogP contribution in [-0.4, -0.2) is 10.4 Å². The number of nitro groups is 1. The number of hydrogen-bond acceptors (Lipinski definition) is 3. The van der Waals surface area contributed by atoms with Gasteiger partial charge in [-0.1, -0.05) is 11.6 Å². The van der Waals surface area contributed by atoms with Crippen molar-refractivity contribution in [3.05, 3.63) is 32.8 Å². The minimum atomic E-state index is -4.47. The summed E-state index contributed by atoms with van der Waals surface area (Å²) in [4.78, 5) is 9.56. The normalized spacial score (nSPS) is 11.6. The van der Waals surface area contributed by atoms with Crippen molar-refractivity contribution in [2.75, 3.05) is 0 Å². The van der Waals surface area contributed by atoms with Crippen LogP contribution in [0.4, 0.5) is 18.9 Å². The molecule has 0 aromatic heterocycles. The molecule has 1 aromatic rings. The Hall–Kier alpha value is -0.950. The maximum Gasteiger partial charge on any atom is 0.446 e. The van der Waals surface area contributed by atoms with E-state index in [9.17, 15) is 23.3 Å². The summed E-state index contributed by atoms with van der Waals surface area (Å²) in [6.45, 7) is 1.31. The quantitative estimate of drug-likeness (QED) is 0.461. The van der Waals surface area contributed by atoms with Crippen LogP contribution < -0.4 is 0 Å². The van der Waals surface area contributed by atoms with Gasteiger partial charge in [0.1, 0.15) is 0 Å². The zero-order valence-electron chi connectivity index (χ0n) is 7.84. The standard InChI is InChI=1S/C8H5ClF3NO2S/c1-4-5(13(14)15)2-3-6(7(4)9)16-8(10,11)12/h2-3H,1H3. The van der Waals surface area contributed by atoms with Crippen molar-refractivity contribution in [2.24, 2.45) is 0 Å². The fraction of sp³-hybridized carbons (Fsp3) is 0.250. The third kappa shape index (κ3) is 3.02.